The molecular weight excluding hydrogens is 1470 g/mol. The predicted molar refractivity (Wildman–Crippen MR) is 405 cm³/mol. The Hall–Kier alpha value is -14.1. The quantitative estimate of drug-likeness (QED) is 0.0105. The average Bonchev–Trinajstić information content (AvgIpc) is 0.862. The predicted octanol–water partition coefficient (Wildman–Crippen LogP) is 11.4. The molecule has 15 rings (SSSR count). The van der Waals surface area contributed by atoms with E-state index < -0.39 is 96.6 Å². The Balaban J connectivity index is 1.04. The molecule has 4 heterocycles. The molecule has 0 bridgehead atoms. The Morgan fingerprint density at radius 2 is 0.632 bits per heavy atom. The highest BCUT2D eigenvalue weighted by atomic mass is 16.6. The van der Waals surface area contributed by atoms with Crippen molar-refractivity contribution < 1.29 is 114 Å². The van der Waals surface area contributed by atoms with Gasteiger partial charge in [-0.3, -0.25) is 38.6 Å². The molecule has 0 spiro atoms. The van der Waals surface area contributed by atoms with Gasteiger partial charge >= 0.3 is 35.8 Å². The van der Waals surface area contributed by atoms with E-state index in [4.69, 9.17) is 56.8 Å². The van der Waals surface area contributed by atoms with E-state index in [-0.39, 0.29) is 185 Å². The summed E-state index contributed by atoms with van der Waals surface area (Å²) in [6.07, 6.45) is -1.54. The zero-order valence-corrected chi connectivity index (χ0v) is 61.4. The number of ether oxygens (including phenoxy) is 12. The van der Waals surface area contributed by atoms with Crippen LogP contribution in [0.1, 0.15) is 107 Å². The maximum absolute atomic E-state index is 16.5. The lowest BCUT2D eigenvalue weighted by Gasteiger charge is -2.35. The highest BCUT2D eigenvalue weighted by molar-refractivity contribution is 6.45. The largest absolute Gasteiger partial charge is 0.465 e. The van der Waals surface area contributed by atoms with Gasteiger partial charge in [0, 0.05) is 69.0 Å². The molecule has 2 N–H and O–H groups in total. The van der Waals surface area contributed by atoms with Gasteiger partial charge in [-0.25, -0.2) is 28.8 Å². The van der Waals surface area contributed by atoms with Gasteiger partial charge in [0.05, 0.1) is 111 Å². The molecule has 28 nitrogen and oxygen atoms in total. The number of amides is 6. The van der Waals surface area contributed by atoms with Crippen LogP contribution in [-0.4, -0.2) is 173 Å². The fourth-order valence-electron chi connectivity index (χ4n) is 14.0. The number of imide groups is 2. The van der Waals surface area contributed by atoms with Crippen LogP contribution in [0.3, 0.4) is 0 Å². The summed E-state index contributed by atoms with van der Waals surface area (Å²) in [5, 5.41) is 5.12. The van der Waals surface area contributed by atoms with Crippen LogP contribution in [-0.2, 0) is 69.9 Å². The topological polar surface area (TPSA) is 353 Å². The summed E-state index contributed by atoms with van der Waals surface area (Å²) in [7, 11) is 4.80. The van der Waals surface area contributed by atoms with Crippen LogP contribution >= 0.6 is 0 Å². The van der Waals surface area contributed by atoms with Gasteiger partial charge in [0.15, 0.2) is 0 Å². The van der Waals surface area contributed by atoms with Crippen LogP contribution in [0.25, 0.3) is 43.1 Å². The maximum Gasteiger partial charge on any atom is 0.337 e. The molecule has 6 amide bonds. The first-order valence-electron chi connectivity index (χ1n) is 36.0. The van der Waals surface area contributed by atoms with E-state index in [0.29, 0.717) is 24.3 Å². The summed E-state index contributed by atoms with van der Waals surface area (Å²) < 4.78 is 70.7. The highest BCUT2D eigenvalue weighted by Crippen LogP contribution is 2.58. The Labute approximate surface area is 647 Å². The van der Waals surface area contributed by atoms with Gasteiger partial charge in [-0.05, 0) is 132 Å². The number of carbonyl (C=O) groups excluding carboxylic acids is 12. The number of fused-ring (bicyclic) bond motifs is 2. The normalized spacial score (nSPS) is 15.1. The summed E-state index contributed by atoms with van der Waals surface area (Å²) in [5.41, 5.74) is 0.285. The molecule has 0 saturated carbocycles. The lowest BCUT2D eigenvalue weighted by molar-refractivity contribution is -0.150. The number of hydrogen-bond acceptors (Lipinski definition) is 24. The van der Waals surface area contributed by atoms with E-state index in [0.717, 1.165) is 9.80 Å². The molecule has 576 valence electrons. The van der Waals surface area contributed by atoms with Crippen molar-refractivity contribution >= 4 is 114 Å². The molecule has 11 aromatic rings. The third-order valence-corrected chi connectivity index (χ3v) is 19.7. The summed E-state index contributed by atoms with van der Waals surface area (Å²) in [6, 6.07) is 41.6. The molecule has 2 fully saturated rings. The second-order valence-electron chi connectivity index (χ2n) is 26.9. The number of carbonyl (C=O) groups is 12. The van der Waals surface area contributed by atoms with E-state index in [1.807, 2.05) is 0 Å². The van der Waals surface area contributed by atoms with Crippen molar-refractivity contribution in [1.82, 2.24) is 20.4 Å². The van der Waals surface area contributed by atoms with E-state index in [1.165, 1.54) is 150 Å². The minimum Gasteiger partial charge on any atom is -0.465 e. The fraction of sp³-hybridized carbons (Fsp3) is 0.209. The monoisotopic (exact) mass is 1540 g/mol. The summed E-state index contributed by atoms with van der Waals surface area (Å²) in [4.78, 5) is 176. The molecule has 11 aromatic carbocycles. The van der Waals surface area contributed by atoms with Gasteiger partial charge in [-0.2, -0.15) is 0 Å². The van der Waals surface area contributed by atoms with E-state index >= 15 is 28.8 Å². The van der Waals surface area contributed by atoms with Gasteiger partial charge in [0.25, 0.3) is 23.6 Å². The van der Waals surface area contributed by atoms with E-state index in [2.05, 4.69) is 10.6 Å². The van der Waals surface area contributed by atoms with Crippen molar-refractivity contribution in [3.63, 3.8) is 0 Å². The second-order valence-corrected chi connectivity index (χ2v) is 26.9. The van der Waals surface area contributed by atoms with Gasteiger partial charge in [-0.1, -0.05) is 60.7 Å². The Morgan fingerprint density at radius 3 is 0.877 bits per heavy atom. The van der Waals surface area contributed by atoms with Crippen molar-refractivity contribution in [3.8, 4) is 46.0 Å². The lowest BCUT2D eigenvalue weighted by atomic mass is 9.80. The minimum absolute atomic E-state index is 0.0143. The van der Waals surface area contributed by atoms with Crippen LogP contribution in [0.2, 0.25) is 0 Å². The standard InChI is InChI=1S/C86H68N4O24/c1-103-81(97)47-15-23-51(24-16-47)111-63-37-57-69-58(78(94)89(77(57)93)61(35-45-11-7-5-8-12-45)85(101)107-33-31-67(91)87-41-55-43-109-55)39-65(113-53-27-19-49(20-28-53)83(99)105-3)73-74-66(114-54-29-21-50(22-30-54)84(100)106-4)40-60-70-59(38-64(72(76(70)74)71(63)75(69)73)112-52-25-17-48(18-26-52)82(98)104-2)79(95)90(80(60)96)62(36-46-13-9-6-10-14-46)86(102)108-34-32-68(92)88-42-56-44-110-56/h5-30,37-40,55-56,61-62H,31-36,41-44H2,1-4H3,(H,87,91)(H,88,92). The lowest BCUT2D eigenvalue weighted by Crippen LogP contribution is -2.52. The van der Waals surface area contributed by atoms with Gasteiger partial charge < -0.3 is 67.5 Å². The molecule has 4 unspecified atom stereocenters. The molecule has 28 heteroatoms. The second kappa shape index (κ2) is 32.1. The summed E-state index contributed by atoms with van der Waals surface area (Å²) in [5.74, 6) is -11.0. The first kappa shape index (κ1) is 75.3. The number of rotatable bonds is 30. The Bertz CT molecular complexity index is 5130. The van der Waals surface area contributed by atoms with Crippen LogP contribution in [0, 0.1) is 0 Å². The molecular formula is C86H68N4O24. The number of epoxide rings is 2. The molecule has 4 aliphatic rings. The van der Waals surface area contributed by atoms with Crippen molar-refractivity contribution in [2.45, 2.75) is 50.0 Å². The zero-order valence-electron chi connectivity index (χ0n) is 61.4. The molecule has 4 atom stereocenters. The average molecular weight is 1540 g/mol. The van der Waals surface area contributed by atoms with Crippen molar-refractivity contribution in [1.29, 1.82) is 0 Å². The third-order valence-electron chi connectivity index (χ3n) is 19.7. The van der Waals surface area contributed by atoms with Gasteiger partial charge in [-0.15, -0.1) is 0 Å². The van der Waals surface area contributed by atoms with Gasteiger partial charge in [0.1, 0.15) is 71.3 Å². The summed E-state index contributed by atoms with van der Waals surface area (Å²) in [6.45, 7) is 0.442. The highest BCUT2D eigenvalue weighted by Gasteiger charge is 2.47. The van der Waals surface area contributed by atoms with Crippen LogP contribution < -0.4 is 29.6 Å². The fourth-order valence-corrected chi connectivity index (χ4v) is 14.0. The number of benzene rings is 11. The SMILES string of the molecule is COC(=O)c1ccc(Oc2cc3c4c(cc(Oc5ccc(C(=O)OC)cc5)c5c6c(Oc7ccc(C(=O)OC)cc7)cc7c8c(cc(Oc9ccc(C(=O)OC)cc9)c(c2c45)c86)C(=O)N(C(Cc2ccccc2)C(=O)OCCC(=O)NCC2CO2)C7=O)C(=O)N(C(Cc2ccccc2)C(=O)OCCC(=O)NCC2CO2)C3=O)cc1. The smallest absolute Gasteiger partial charge is 0.337 e. The number of hydrogen-bond donors (Lipinski definition) is 2. The molecule has 0 aliphatic carbocycles. The van der Waals surface area contributed by atoms with Gasteiger partial charge in [0.2, 0.25) is 11.8 Å². The van der Waals surface area contributed by atoms with Crippen molar-refractivity contribution in [2.75, 3.05) is 68.0 Å². The van der Waals surface area contributed by atoms with Crippen LogP contribution in [0.4, 0.5) is 0 Å². The Kier molecular flexibility index (Phi) is 21.2. The molecule has 2 saturated heterocycles. The van der Waals surface area contributed by atoms with Crippen molar-refractivity contribution in [2.24, 2.45) is 0 Å². The third kappa shape index (κ3) is 15.2. The van der Waals surface area contributed by atoms with Crippen LogP contribution in [0.5, 0.6) is 46.0 Å². The molecule has 4 aliphatic heterocycles. The number of nitrogens with zero attached hydrogens (tertiary/aromatic N) is 2. The molecule has 0 radical (unpaired) electrons. The van der Waals surface area contributed by atoms with E-state index in [9.17, 15) is 28.8 Å². The molecule has 0 aromatic heterocycles. The zero-order chi connectivity index (χ0) is 79.6. The first-order valence-corrected chi connectivity index (χ1v) is 36.0. The van der Waals surface area contributed by atoms with Crippen LogP contribution in [0.15, 0.2) is 182 Å². The first-order chi connectivity index (χ1) is 55.3. The minimum atomic E-state index is -1.76. The molecule has 114 heavy (non-hydrogen) atoms. The number of nitrogens with one attached hydrogen (secondary N) is 2. The summed E-state index contributed by atoms with van der Waals surface area (Å²) >= 11 is 0. The number of methoxy groups -OCH3 is 4. The van der Waals surface area contributed by atoms with E-state index in [1.54, 1.807) is 60.7 Å². The van der Waals surface area contributed by atoms with Crippen molar-refractivity contribution in [3.05, 3.63) is 238 Å². The number of esters is 6. The Morgan fingerprint density at radius 1 is 0.368 bits per heavy atom. The maximum atomic E-state index is 16.5.